The molecule has 1 saturated heterocycles. The van der Waals surface area contributed by atoms with E-state index in [9.17, 15) is 9.59 Å². The largest absolute Gasteiger partial charge is 0.466 e. The van der Waals surface area contributed by atoms with Crippen molar-refractivity contribution >= 4 is 17.6 Å². The smallest absolute Gasteiger partial charge is 0.354 e. The molecule has 1 N–H and O–H groups in total. The van der Waals surface area contributed by atoms with Crippen LogP contribution in [0.1, 0.15) is 12.5 Å². The molecule has 124 valence electrons. The van der Waals surface area contributed by atoms with Gasteiger partial charge in [-0.3, -0.25) is 0 Å². The van der Waals surface area contributed by atoms with Crippen LogP contribution in [-0.4, -0.2) is 39.4 Å². The molecule has 0 bridgehead atoms. The zero-order valence-corrected chi connectivity index (χ0v) is 13.3. The summed E-state index contributed by atoms with van der Waals surface area (Å²) in [5.41, 5.74) is 1.35. The molecule has 1 aliphatic rings. The lowest BCUT2D eigenvalue weighted by molar-refractivity contribution is -0.149. The Morgan fingerprint density at radius 3 is 2.52 bits per heavy atom. The molecule has 0 aromatic heterocycles. The molecule has 0 spiro atoms. The van der Waals surface area contributed by atoms with E-state index in [0.29, 0.717) is 18.9 Å². The highest BCUT2D eigenvalue weighted by atomic mass is 16.7. The third-order valence-electron chi connectivity index (χ3n) is 3.37. The molecule has 0 aliphatic carbocycles. The van der Waals surface area contributed by atoms with E-state index in [-0.39, 0.29) is 5.70 Å². The van der Waals surface area contributed by atoms with Gasteiger partial charge in [0.15, 0.2) is 5.79 Å². The molecule has 7 nitrogen and oxygen atoms in total. The summed E-state index contributed by atoms with van der Waals surface area (Å²) in [4.78, 5) is 23.1. The molecular formula is C16H19NO6. The second-order valence-electron chi connectivity index (χ2n) is 4.92. The number of rotatable bonds is 5. The minimum Gasteiger partial charge on any atom is -0.466 e. The van der Waals surface area contributed by atoms with Crippen LogP contribution in [0.2, 0.25) is 0 Å². The lowest BCUT2D eigenvalue weighted by Gasteiger charge is -2.23. The Kier molecular flexibility index (Phi) is 5.36. The molecule has 1 fully saturated rings. The summed E-state index contributed by atoms with van der Waals surface area (Å²) >= 11 is 0. The first-order valence-electron chi connectivity index (χ1n) is 7.02. The van der Waals surface area contributed by atoms with E-state index in [0.717, 1.165) is 11.6 Å². The van der Waals surface area contributed by atoms with E-state index in [1.54, 1.807) is 18.2 Å². The number of nitrogens with one attached hydrogen (secondary N) is 1. The van der Waals surface area contributed by atoms with Gasteiger partial charge in [-0.1, -0.05) is 12.1 Å². The summed E-state index contributed by atoms with van der Waals surface area (Å²) in [6.07, 6.45) is 1.03. The van der Waals surface area contributed by atoms with Crippen molar-refractivity contribution in [3.8, 4) is 0 Å². The molecule has 1 heterocycles. The summed E-state index contributed by atoms with van der Waals surface area (Å²) in [6, 6.07) is 7.18. The number of anilines is 1. The molecule has 1 aromatic carbocycles. The Labute approximate surface area is 134 Å². The zero-order chi connectivity index (χ0) is 16.9. The van der Waals surface area contributed by atoms with Gasteiger partial charge in [0.2, 0.25) is 0 Å². The summed E-state index contributed by atoms with van der Waals surface area (Å²) in [5.74, 6) is -2.17. The highest BCUT2D eigenvalue weighted by Gasteiger charge is 2.33. The van der Waals surface area contributed by atoms with Crippen LogP contribution < -0.4 is 5.32 Å². The maximum absolute atomic E-state index is 11.8. The summed E-state index contributed by atoms with van der Waals surface area (Å²) in [6.45, 7) is 2.86. The quantitative estimate of drug-likeness (QED) is 0.650. The number of hydrogen-bond acceptors (Lipinski definition) is 7. The SMILES string of the molecule is COC(=O)/C=C(/Nc1cccc(C2(C)OCCO2)c1)C(=O)OC. The summed E-state index contributed by atoms with van der Waals surface area (Å²) < 4.78 is 20.4. The number of ether oxygens (including phenoxy) is 4. The average molecular weight is 321 g/mol. The Morgan fingerprint density at radius 1 is 1.22 bits per heavy atom. The Morgan fingerprint density at radius 2 is 1.91 bits per heavy atom. The van der Waals surface area contributed by atoms with Crippen molar-refractivity contribution in [3.63, 3.8) is 0 Å². The highest BCUT2D eigenvalue weighted by molar-refractivity contribution is 5.98. The van der Waals surface area contributed by atoms with Crippen molar-refractivity contribution in [2.75, 3.05) is 32.8 Å². The Bertz CT molecular complexity index is 619. The van der Waals surface area contributed by atoms with Crippen LogP contribution in [0.5, 0.6) is 0 Å². The van der Waals surface area contributed by atoms with E-state index >= 15 is 0 Å². The summed E-state index contributed by atoms with van der Waals surface area (Å²) in [5, 5.41) is 2.85. The molecule has 7 heteroatoms. The fourth-order valence-electron chi connectivity index (χ4n) is 2.15. The topological polar surface area (TPSA) is 83.1 Å². The first-order valence-corrected chi connectivity index (χ1v) is 7.02. The molecule has 0 unspecified atom stereocenters. The Hall–Kier alpha value is -2.38. The lowest BCUT2D eigenvalue weighted by Crippen LogP contribution is -2.22. The normalized spacial score (nSPS) is 16.7. The fraction of sp³-hybridized carbons (Fsp3) is 0.375. The van der Waals surface area contributed by atoms with Crippen LogP contribution in [0, 0.1) is 0 Å². The van der Waals surface area contributed by atoms with Gasteiger partial charge in [-0.05, 0) is 19.1 Å². The van der Waals surface area contributed by atoms with E-state index in [2.05, 4.69) is 14.8 Å². The first-order chi connectivity index (χ1) is 11.0. The van der Waals surface area contributed by atoms with Crippen LogP contribution in [0.4, 0.5) is 5.69 Å². The molecule has 0 amide bonds. The van der Waals surface area contributed by atoms with Gasteiger partial charge in [-0.15, -0.1) is 0 Å². The van der Waals surface area contributed by atoms with Crippen LogP contribution in [0.3, 0.4) is 0 Å². The fourth-order valence-corrected chi connectivity index (χ4v) is 2.15. The van der Waals surface area contributed by atoms with E-state index in [4.69, 9.17) is 9.47 Å². The molecule has 0 radical (unpaired) electrons. The van der Waals surface area contributed by atoms with Crippen LogP contribution in [-0.2, 0) is 34.3 Å². The molecule has 0 atom stereocenters. The predicted octanol–water partition coefficient (Wildman–Crippen LogP) is 1.55. The van der Waals surface area contributed by atoms with E-state index in [1.165, 1.54) is 14.2 Å². The Balaban J connectivity index is 2.25. The number of carbonyl (C=O) groups is 2. The third-order valence-corrected chi connectivity index (χ3v) is 3.37. The average Bonchev–Trinajstić information content (AvgIpc) is 3.01. The van der Waals surface area contributed by atoms with Gasteiger partial charge in [0.25, 0.3) is 0 Å². The second-order valence-corrected chi connectivity index (χ2v) is 4.92. The van der Waals surface area contributed by atoms with Crippen molar-refractivity contribution in [2.45, 2.75) is 12.7 Å². The van der Waals surface area contributed by atoms with Gasteiger partial charge in [-0.25, -0.2) is 9.59 Å². The van der Waals surface area contributed by atoms with Crippen LogP contribution in [0.15, 0.2) is 36.0 Å². The van der Waals surface area contributed by atoms with E-state index in [1.807, 2.05) is 13.0 Å². The second kappa shape index (κ2) is 7.26. The van der Waals surface area contributed by atoms with Crippen LogP contribution >= 0.6 is 0 Å². The number of benzene rings is 1. The van der Waals surface area contributed by atoms with Crippen LogP contribution in [0.25, 0.3) is 0 Å². The van der Waals surface area contributed by atoms with Gasteiger partial charge >= 0.3 is 11.9 Å². The third kappa shape index (κ3) is 4.08. The molecule has 1 aromatic rings. The molecule has 0 saturated carbocycles. The van der Waals surface area contributed by atoms with Gasteiger partial charge in [0, 0.05) is 11.3 Å². The first kappa shape index (κ1) is 17.0. The predicted molar refractivity (Wildman–Crippen MR) is 81.4 cm³/mol. The maximum Gasteiger partial charge on any atom is 0.354 e. The number of esters is 2. The minimum absolute atomic E-state index is 0.0325. The number of hydrogen-bond donors (Lipinski definition) is 1. The van der Waals surface area contributed by atoms with Gasteiger partial charge in [0.05, 0.1) is 33.5 Å². The van der Waals surface area contributed by atoms with Gasteiger partial charge in [-0.2, -0.15) is 0 Å². The molecule has 1 aliphatic heterocycles. The van der Waals surface area contributed by atoms with Gasteiger partial charge in [0.1, 0.15) is 5.70 Å². The zero-order valence-electron chi connectivity index (χ0n) is 13.3. The van der Waals surface area contributed by atoms with Crippen molar-refractivity contribution in [1.82, 2.24) is 0 Å². The molecule has 2 rings (SSSR count). The monoisotopic (exact) mass is 321 g/mol. The van der Waals surface area contributed by atoms with Crippen molar-refractivity contribution < 1.29 is 28.5 Å². The van der Waals surface area contributed by atoms with Gasteiger partial charge < -0.3 is 24.3 Å². The standard InChI is InChI=1S/C16H19NO6/c1-16(22-7-8-23-16)11-5-4-6-12(9-11)17-13(15(19)21-3)10-14(18)20-2/h4-6,9-10,17H,7-8H2,1-3H3/b13-10+. The number of carbonyl (C=O) groups excluding carboxylic acids is 2. The molecule has 23 heavy (non-hydrogen) atoms. The summed E-state index contributed by atoms with van der Waals surface area (Å²) in [7, 11) is 2.46. The lowest BCUT2D eigenvalue weighted by atomic mass is 10.1. The van der Waals surface area contributed by atoms with Crippen molar-refractivity contribution in [3.05, 3.63) is 41.6 Å². The molecular weight excluding hydrogens is 302 g/mol. The van der Waals surface area contributed by atoms with Crippen molar-refractivity contribution in [1.29, 1.82) is 0 Å². The minimum atomic E-state index is -0.824. The van der Waals surface area contributed by atoms with E-state index < -0.39 is 17.7 Å². The van der Waals surface area contributed by atoms with Crippen molar-refractivity contribution in [2.24, 2.45) is 0 Å². The maximum atomic E-state index is 11.8. The number of methoxy groups -OCH3 is 2. The highest BCUT2D eigenvalue weighted by Crippen LogP contribution is 2.32.